The van der Waals surface area contributed by atoms with Crippen molar-refractivity contribution < 1.29 is 4.74 Å². The highest BCUT2D eigenvalue weighted by molar-refractivity contribution is 7.13. The second kappa shape index (κ2) is 6.29. The molecule has 0 saturated heterocycles. The van der Waals surface area contributed by atoms with Crippen molar-refractivity contribution in [2.24, 2.45) is 0 Å². The molecule has 4 aromatic rings. The van der Waals surface area contributed by atoms with Crippen LogP contribution in [0.25, 0.3) is 21.6 Å². The fourth-order valence-corrected chi connectivity index (χ4v) is 3.18. The van der Waals surface area contributed by atoms with Crippen molar-refractivity contribution in [2.45, 2.75) is 6.61 Å². The largest absolute Gasteiger partial charge is 0.489 e. The maximum absolute atomic E-state index is 12.2. The van der Waals surface area contributed by atoms with Crippen LogP contribution in [0.4, 0.5) is 0 Å². The van der Waals surface area contributed by atoms with Gasteiger partial charge in [-0.15, -0.1) is 11.3 Å². The minimum atomic E-state index is -0.178. The zero-order valence-corrected chi connectivity index (χ0v) is 13.5. The lowest BCUT2D eigenvalue weighted by molar-refractivity contribution is 0.306. The molecule has 4 rings (SSSR count). The Balaban J connectivity index is 1.67. The molecule has 0 spiro atoms. The summed E-state index contributed by atoms with van der Waals surface area (Å²) in [6.07, 6.45) is 0. The molecule has 1 N–H and O–H groups in total. The number of hydrogen-bond acceptors (Lipinski definition) is 4. The number of fused-ring (bicyclic) bond motifs is 1. The van der Waals surface area contributed by atoms with E-state index in [1.807, 2.05) is 66.0 Å². The van der Waals surface area contributed by atoms with E-state index >= 15 is 0 Å². The molecule has 4 nitrogen and oxygen atoms in total. The van der Waals surface area contributed by atoms with Gasteiger partial charge in [0.25, 0.3) is 5.56 Å². The topological polar surface area (TPSA) is 55.0 Å². The van der Waals surface area contributed by atoms with Gasteiger partial charge in [-0.25, -0.2) is 4.98 Å². The van der Waals surface area contributed by atoms with Crippen molar-refractivity contribution in [3.05, 3.63) is 82.0 Å². The third kappa shape index (κ3) is 2.94. The molecule has 0 saturated carbocycles. The summed E-state index contributed by atoms with van der Waals surface area (Å²) < 4.78 is 5.83. The Morgan fingerprint density at radius 3 is 2.71 bits per heavy atom. The van der Waals surface area contributed by atoms with E-state index in [2.05, 4.69) is 9.97 Å². The Hall–Kier alpha value is -2.92. The van der Waals surface area contributed by atoms with Gasteiger partial charge in [0.1, 0.15) is 18.1 Å². The average molecular weight is 334 g/mol. The smallest absolute Gasteiger partial charge is 0.275 e. The summed E-state index contributed by atoms with van der Waals surface area (Å²) in [6, 6.07) is 19.3. The van der Waals surface area contributed by atoms with Gasteiger partial charge in [-0.2, -0.15) is 0 Å². The number of rotatable bonds is 4. The molecule has 118 valence electrons. The number of ether oxygens (including phenoxy) is 1. The van der Waals surface area contributed by atoms with Gasteiger partial charge in [-0.1, -0.05) is 36.4 Å². The normalized spacial score (nSPS) is 10.8. The fraction of sp³-hybridized carbons (Fsp3) is 0.0526. The third-order valence-electron chi connectivity index (χ3n) is 3.67. The zero-order chi connectivity index (χ0) is 16.4. The molecule has 0 bridgehead atoms. The van der Waals surface area contributed by atoms with E-state index in [4.69, 9.17) is 4.74 Å². The van der Waals surface area contributed by atoms with Gasteiger partial charge in [0.15, 0.2) is 0 Å². The number of hydrogen-bond donors (Lipinski definition) is 1. The maximum atomic E-state index is 12.2. The van der Waals surface area contributed by atoms with Crippen LogP contribution in [0.5, 0.6) is 5.75 Å². The average Bonchev–Trinajstić information content (AvgIpc) is 3.15. The molecular formula is C19H14N2O2S. The second-order valence-electron chi connectivity index (χ2n) is 5.35. The zero-order valence-electron chi connectivity index (χ0n) is 12.7. The van der Waals surface area contributed by atoms with Crippen LogP contribution in [-0.2, 0) is 6.61 Å². The van der Waals surface area contributed by atoms with E-state index < -0.39 is 0 Å². The molecule has 0 amide bonds. The number of aromatic amines is 1. The van der Waals surface area contributed by atoms with Crippen molar-refractivity contribution >= 4 is 22.4 Å². The molecular weight excluding hydrogens is 320 g/mol. The van der Waals surface area contributed by atoms with Crippen molar-refractivity contribution in [3.8, 4) is 16.3 Å². The van der Waals surface area contributed by atoms with Crippen LogP contribution >= 0.6 is 11.3 Å². The SMILES string of the molecule is O=c1[nH]c2ccc(OCc3ccccc3)cc2nc1-c1cccs1. The van der Waals surface area contributed by atoms with Gasteiger partial charge in [0.05, 0.1) is 15.9 Å². The van der Waals surface area contributed by atoms with Crippen LogP contribution in [0.1, 0.15) is 5.56 Å². The molecule has 0 radical (unpaired) electrons. The van der Waals surface area contributed by atoms with Crippen LogP contribution in [0.3, 0.4) is 0 Å². The van der Waals surface area contributed by atoms with Gasteiger partial charge in [0, 0.05) is 6.07 Å². The van der Waals surface area contributed by atoms with Crippen molar-refractivity contribution in [1.29, 1.82) is 0 Å². The third-order valence-corrected chi connectivity index (χ3v) is 4.54. The summed E-state index contributed by atoms with van der Waals surface area (Å²) in [5, 5.41) is 1.93. The van der Waals surface area contributed by atoms with Crippen molar-refractivity contribution in [2.75, 3.05) is 0 Å². The monoisotopic (exact) mass is 334 g/mol. The van der Waals surface area contributed by atoms with E-state index in [0.717, 1.165) is 16.2 Å². The van der Waals surface area contributed by atoms with E-state index in [-0.39, 0.29) is 5.56 Å². The number of aromatic nitrogens is 2. The predicted molar refractivity (Wildman–Crippen MR) is 96.5 cm³/mol. The number of nitrogens with zero attached hydrogens (tertiary/aromatic N) is 1. The number of H-pyrrole nitrogens is 1. The molecule has 0 aliphatic rings. The molecule has 5 heteroatoms. The Bertz CT molecular complexity index is 1020. The molecule has 0 atom stereocenters. The van der Waals surface area contributed by atoms with E-state index in [0.29, 0.717) is 23.3 Å². The van der Waals surface area contributed by atoms with Crippen LogP contribution < -0.4 is 10.3 Å². The molecule has 2 aromatic carbocycles. The van der Waals surface area contributed by atoms with Gasteiger partial charge >= 0.3 is 0 Å². The predicted octanol–water partition coefficient (Wildman–Crippen LogP) is 4.23. The van der Waals surface area contributed by atoms with Crippen molar-refractivity contribution in [3.63, 3.8) is 0 Å². The Morgan fingerprint density at radius 1 is 1.04 bits per heavy atom. The van der Waals surface area contributed by atoms with Crippen LogP contribution in [-0.4, -0.2) is 9.97 Å². The summed E-state index contributed by atoms with van der Waals surface area (Å²) in [5.41, 5.74) is 2.78. The second-order valence-corrected chi connectivity index (χ2v) is 6.29. The van der Waals surface area contributed by atoms with Crippen LogP contribution in [0.2, 0.25) is 0 Å². The maximum Gasteiger partial charge on any atom is 0.275 e. The first-order valence-electron chi connectivity index (χ1n) is 7.54. The summed E-state index contributed by atoms with van der Waals surface area (Å²) in [7, 11) is 0. The van der Waals surface area contributed by atoms with Gasteiger partial charge in [-0.3, -0.25) is 4.79 Å². The van der Waals surface area contributed by atoms with E-state index in [1.54, 1.807) is 0 Å². The van der Waals surface area contributed by atoms with Crippen LogP contribution in [0.15, 0.2) is 70.8 Å². The lowest BCUT2D eigenvalue weighted by Gasteiger charge is -2.07. The molecule has 0 unspecified atom stereocenters. The van der Waals surface area contributed by atoms with Crippen molar-refractivity contribution in [1.82, 2.24) is 9.97 Å². The first kappa shape index (κ1) is 14.7. The summed E-state index contributed by atoms with van der Waals surface area (Å²) in [4.78, 5) is 20.4. The number of nitrogens with one attached hydrogen (secondary N) is 1. The van der Waals surface area contributed by atoms with Crippen LogP contribution in [0, 0.1) is 0 Å². The fourth-order valence-electron chi connectivity index (χ4n) is 2.47. The van der Waals surface area contributed by atoms with E-state index in [9.17, 15) is 4.79 Å². The lowest BCUT2D eigenvalue weighted by Crippen LogP contribution is -2.10. The number of thiophene rings is 1. The molecule has 24 heavy (non-hydrogen) atoms. The highest BCUT2D eigenvalue weighted by Gasteiger charge is 2.09. The minimum Gasteiger partial charge on any atom is -0.489 e. The van der Waals surface area contributed by atoms with Gasteiger partial charge in [-0.05, 0) is 29.1 Å². The molecule has 2 aromatic heterocycles. The van der Waals surface area contributed by atoms with Gasteiger partial charge in [0.2, 0.25) is 0 Å². The Morgan fingerprint density at radius 2 is 1.92 bits per heavy atom. The lowest BCUT2D eigenvalue weighted by atomic mass is 10.2. The molecule has 0 aliphatic carbocycles. The highest BCUT2D eigenvalue weighted by Crippen LogP contribution is 2.23. The standard InChI is InChI=1S/C19H14N2O2S/c22-19-18(17-7-4-10-24-17)20-16-11-14(8-9-15(16)21-19)23-12-13-5-2-1-3-6-13/h1-11H,12H2,(H,21,22). The highest BCUT2D eigenvalue weighted by atomic mass is 32.1. The molecule has 2 heterocycles. The quantitative estimate of drug-likeness (QED) is 0.607. The molecule has 0 fully saturated rings. The number of benzene rings is 2. The first-order chi connectivity index (χ1) is 11.8. The summed E-state index contributed by atoms with van der Waals surface area (Å²) >= 11 is 1.50. The first-order valence-corrected chi connectivity index (χ1v) is 8.42. The van der Waals surface area contributed by atoms with Gasteiger partial charge < -0.3 is 9.72 Å². The Kier molecular flexibility index (Phi) is 3.84. The minimum absolute atomic E-state index is 0.178. The van der Waals surface area contributed by atoms with E-state index in [1.165, 1.54) is 11.3 Å². The summed E-state index contributed by atoms with van der Waals surface area (Å²) in [5.74, 6) is 0.725. The Labute approximate surface area is 142 Å². The molecule has 0 aliphatic heterocycles. The summed E-state index contributed by atoms with van der Waals surface area (Å²) in [6.45, 7) is 0.494.